The van der Waals surface area contributed by atoms with E-state index in [1.54, 1.807) is 30.3 Å². The van der Waals surface area contributed by atoms with Crippen LogP contribution in [0.3, 0.4) is 0 Å². The molecule has 1 heterocycles. The van der Waals surface area contributed by atoms with Crippen LogP contribution in [-0.4, -0.2) is 9.97 Å². The highest BCUT2D eigenvalue weighted by Gasteiger charge is 2.34. The molecular formula is C18H11ClF3N5. The molecule has 0 spiro atoms. The number of nitrogens with one attached hydrogen (secondary N) is 2. The number of halogens is 4. The van der Waals surface area contributed by atoms with Gasteiger partial charge in [0.1, 0.15) is 5.82 Å². The molecule has 2 aromatic carbocycles. The molecule has 0 unspecified atom stereocenters. The number of hydrogen-bond donors (Lipinski definition) is 2. The van der Waals surface area contributed by atoms with Gasteiger partial charge in [-0.05, 0) is 48.5 Å². The van der Waals surface area contributed by atoms with Crippen LogP contribution in [0.15, 0.2) is 54.7 Å². The highest BCUT2D eigenvalue weighted by atomic mass is 35.5. The number of benzene rings is 2. The predicted molar refractivity (Wildman–Crippen MR) is 96.2 cm³/mol. The zero-order chi connectivity index (χ0) is 19.4. The molecule has 3 rings (SSSR count). The number of hydrogen-bond acceptors (Lipinski definition) is 5. The zero-order valence-corrected chi connectivity index (χ0v) is 14.3. The number of anilines is 4. The molecule has 0 aliphatic heterocycles. The average Bonchev–Trinajstić information content (AvgIpc) is 2.63. The van der Waals surface area contributed by atoms with Gasteiger partial charge in [0, 0.05) is 16.9 Å². The van der Waals surface area contributed by atoms with Gasteiger partial charge in [-0.15, -0.1) is 0 Å². The summed E-state index contributed by atoms with van der Waals surface area (Å²) in [4.78, 5) is 8.10. The second-order valence-corrected chi connectivity index (χ2v) is 5.83. The summed E-state index contributed by atoms with van der Waals surface area (Å²) >= 11 is 5.67. The van der Waals surface area contributed by atoms with E-state index in [0.29, 0.717) is 17.1 Å². The number of nitriles is 1. The summed E-state index contributed by atoms with van der Waals surface area (Å²) in [5, 5.41) is 14.3. The molecule has 9 heteroatoms. The van der Waals surface area contributed by atoms with Crippen LogP contribution in [0, 0.1) is 11.3 Å². The fourth-order valence-electron chi connectivity index (χ4n) is 2.24. The smallest absolute Gasteiger partial charge is 0.340 e. The van der Waals surface area contributed by atoms with Gasteiger partial charge in [0.05, 0.1) is 22.9 Å². The third-order valence-electron chi connectivity index (χ3n) is 3.48. The van der Waals surface area contributed by atoms with Crippen LogP contribution < -0.4 is 10.6 Å². The van der Waals surface area contributed by atoms with Crippen LogP contribution >= 0.6 is 11.6 Å². The van der Waals surface area contributed by atoms with Crippen molar-refractivity contribution in [1.82, 2.24) is 9.97 Å². The summed E-state index contributed by atoms with van der Waals surface area (Å²) in [5.74, 6) is 0.362. The van der Waals surface area contributed by atoms with Gasteiger partial charge >= 0.3 is 6.18 Å². The molecule has 136 valence electrons. The number of aromatic nitrogens is 2. The number of alkyl halides is 3. The van der Waals surface area contributed by atoms with Gasteiger partial charge in [-0.25, -0.2) is 4.98 Å². The van der Waals surface area contributed by atoms with Crippen LogP contribution in [0.2, 0.25) is 5.02 Å². The maximum atomic E-state index is 13.2. The van der Waals surface area contributed by atoms with Crippen molar-refractivity contribution in [1.29, 1.82) is 5.26 Å². The first-order valence-electron chi connectivity index (χ1n) is 7.59. The molecule has 3 aromatic rings. The van der Waals surface area contributed by atoms with Crippen LogP contribution in [0.5, 0.6) is 0 Å². The third-order valence-corrected chi connectivity index (χ3v) is 3.71. The SMILES string of the molecule is N#Cc1ccc(Nc2ccnc(Nc3ccc(Cl)cc3C(F)(F)F)n2)cc1. The van der Waals surface area contributed by atoms with Gasteiger partial charge in [-0.2, -0.15) is 23.4 Å². The Morgan fingerprint density at radius 2 is 1.74 bits per heavy atom. The Balaban J connectivity index is 1.83. The molecule has 1 aromatic heterocycles. The minimum absolute atomic E-state index is 0.0125. The minimum Gasteiger partial charge on any atom is -0.340 e. The largest absolute Gasteiger partial charge is 0.418 e. The maximum absolute atomic E-state index is 13.2. The van der Waals surface area contributed by atoms with E-state index < -0.39 is 11.7 Å². The van der Waals surface area contributed by atoms with Crippen molar-refractivity contribution in [3.63, 3.8) is 0 Å². The first-order valence-corrected chi connectivity index (χ1v) is 7.97. The average molecular weight is 390 g/mol. The number of nitrogens with zero attached hydrogens (tertiary/aromatic N) is 3. The minimum atomic E-state index is -4.58. The normalized spacial score (nSPS) is 10.9. The Hall–Kier alpha value is -3.31. The van der Waals surface area contributed by atoms with Crippen molar-refractivity contribution in [2.75, 3.05) is 10.6 Å². The summed E-state index contributed by atoms with van der Waals surface area (Å²) in [7, 11) is 0. The highest BCUT2D eigenvalue weighted by molar-refractivity contribution is 6.30. The van der Waals surface area contributed by atoms with E-state index >= 15 is 0 Å². The lowest BCUT2D eigenvalue weighted by Gasteiger charge is -2.14. The molecule has 0 saturated carbocycles. The van der Waals surface area contributed by atoms with Crippen molar-refractivity contribution in [2.45, 2.75) is 6.18 Å². The Kier molecular flexibility index (Phi) is 5.14. The lowest BCUT2D eigenvalue weighted by atomic mass is 10.1. The Morgan fingerprint density at radius 3 is 2.41 bits per heavy atom. The van der Waals surface area contributed by atoms with E-state index in [2.05, 4.69) is 20.6 Å². The highest BCUT2D eigenvalue weighted by Crippen LogP contribution is 2.37. The molecule has 0 saturated heterocycles. The second kappa shape index (κ2) is 7.51. The molecule has 2 N–H and O–H groups in total. The lowest BCUT2D eigenvalue weighted by Crippen LogP contribution is -2.10. The fourth-order valence-corrected chi connectivity index (χ4v) is 2.42. The second-order valence-electron chi connectivity index (χ2n) is 5.39. The molecule has 27 heavy (non-hydrogen) atoms. The van der Waals surface area contributed by atoms with Gasteiger partial charge in [0.2, 0.25) is 5.95 Å². The topological polar surface area (TPSA) is 73.6 Å². The quantitative estimate of drug-likeness (QED) is 0.615. The van der Waals surface area contributed by atoms with Crippen molar-refractivity contribution in [2.24, 2.45) is 0 Å². The molecule has 0 amide bonds. The molecule has 0 fully saturated rings. The summed E-state index contributed by atoms with van der Waals surface area (Å²) in [6, 6.07) is 13.6. The van der Waals surface area contributed by atoms with Crippen molar-refractivity contribution >= 4 is 34.7 Å². The summed E-state index contributed by atoms with van der Waals surface area (Å²) in [5.41, 5.74) is 0.0561. The van der Waals surface area contributed by atoms with E-state index in [1.807, 2.05) is 6.07 Å². The first kappa shape index (κ1) is 18.5. The van der Waals surface area contributed by atoms with Gasteiger partial charge in [0.25, 0.3) is 0 Å². The molecule has 0 atom stereocenters. The summed E-state index contributed by atoms with van der Waals surface area (Å²) in [6.45, 7) is 0. The fraction of sp³-hybridized carbons (Fsp3) is 0.0556. The van der Waals surface area contributed by atoms with E-state index in [-0.39, 0.29) is 16.7 Å². The van der Waals surface area contributed by atoms with Crippen LogP contribution in [0.4, 0.5) is 36.3 Å². The van der Waals surface area contributed by atoms with E-state index in [0.717, 1.165) is 6.07 Å². The molecule has 0 bridgehead atoms. The standard InChI is InChI=1S/C18H11ClF3N5/c19-12-3-6-15(14(9-12)18(20,21)22)26-17-24-8-7-16(27-17)25-13-4-1-11(10-23)2-5-13/h1-9H,(H2,24,25,26,27). The monoisotopic (exact) mass is 389 g/mol. The Labute approximate surface area is 157 Å². The molecular weight excluding hydrogens is 379 g/mol. The summed E-state index contributed by atoms with van der Waals surface area (Å²) in [6.07, 6.45) is -3.17. The summed E-state index contributed by atoms with van der Waals surface area (Å²) < 4.78 is 39.6. The van der Waals surface area contributed by atoms with Crippen molar-refractivity contribution in [3.8, 4) is 6.07 Å². The predicted octanol–water partition coefficient (Wildman–Crippen LogP) is 5.51. The van der Waals surface area contributed by atoms with Crippen molar-refractivity contribution in [3.05, 3.63) is 70.9 Å². The van der Waals surface area contributed by atoms with Gasteiger partial charge in [-0.3, -0.25) is 0 Å². The Morgan fingerprint density at radius 1 is 1.00 bits per heavy atom. The van der Waals surface area contributed by atoms with E-state index in [1.165, 1.54) is 18.3 Å². The molecule has 5 nitrogen and oxygen atoms in total. The zero-order valence-electron chi connectivity index (χ0n) is 13.5. The first-order chi connectivity index (χ1) is 12.8. The van der Waals surface area contributed by atoms with Crippen LogP contribution in [-0.2, 0) is 6.18 Å². The van der Waals surface area contributed by atoms with Crippen LogP contribution in [0.25, 0.3) is 0 Å². The third kappa shape index (κ3) is 4.65. The van der Waals surface area contributed by atoms with Crippen molar-refractivity contribution < 1.29 is 13.2 Å². The lowest BCUT2D eigenvalue weighted by molar-refractivity contribution is -0.136. The van der Waals surface area contributed by atoms with Gasteiger partial charge in [0.15, 0.2) is 0 Å². The maximum Gasteiger partial charge on any atom is 0.418 e. The Bertz CT molecular complexity index is 997. The molecule has 0 aliphatic carbocycles. The van der Waals surface area contributed by atoms with E-state index in [4.69, 9.17) is 16.9 Å². The van der Waals surface area contributed by atoms with Gasteiger partial charge < -0.3 is 10.6 Å². The van der Waals surface area contributed by atoms with E-state index in [9.17, 15) is 13.2 Å². The molecule has 0 radical (unpaired) electrons. The van der Waals surface area contributed by atoms with Crippen LogP contribution in [0.1, 0.15) is 11.1 Å². The molecule has 0 aliphatic rings. The number of rotatable bonds is 4. The van der Waals surface area contributed by atoms with Gasteiger partial charge in [-0.1, -0.05) is 11.6 Å².